The Hall–Kier alpha value is -1.65. The van der Waals surface area contributed by atoms with Crippen LogP contribution in [0.15, 0.2) is 36.4 Å². The minimum atomic E-state index is -0.709. The molecule has 0 heterocycles. The molecule has 0 saturated carbocycles. The van der Waals surface area contributed by atoms with Gasteiger partial charge in [0.25, 0.3) is 0 Å². The van der Waals surface area contributed by atoms with Crippen LogP contribution in [0.1, 0.15) is 17.2 Å². The van der Waals surface area contributed by atoms with Crippen LogP contribution in [-0.4, -0.2) is 7.11 Å². The number of hydrogen-bond acceptors (Lipinski definition) is 2. The average molecular weight is 298 g/mol. The lowest BCUT2D eigenvalue weighted by molar-refractivity contribution is 0.382. The van der Waals surface area contributed by atoms with Crippen LogP contribution in [-0.2, 0) is 6.42 Å². The molecule has 0 spiro atoms. The van der Waals surface area contributed by atoms with Crippen LogP contribution in [0.25, 0.3) is 0 Å². The highest BCUT2D eigenvalue weighted by Gasteiger charge is 2.18. The smallest absolute Gasteiger partial charge is 0.169 e. The summed E-state index contributed by atoms with van der Waals surface area (Å²) < 4.78 is 32.7. The van der Waals surface area contributed by atoms with Crippen LogP contribution in [0.5, 0.6) is 5.75 Å². The van der Waals surface area contributed by atoms with Gasteiger partial charge in [-0.05, 0) is 24.6 Å². The molecular weight excluding hydrogens is 284 g/mol. The summed E-state index contributed by atoms with van der Waals surface area (Å²) in [5.41, 5.74) is 6.52. The molecule has 2 aromatic carbocycles. The van der Waals surface area contributed by atoms with Gasteiger partial charge in [-0.1, -0.05) is 29.8 Å². The average Bonchev–Trinajstić information content (AvgIpc) is 2.43. The Bertz CT molecular complexity index is 599. The first-order valence-electron chi connectivity index (χ1n) is 6.05. The van der Waals surface area contributed by atoms with Gasteiger partial charge in [0.05, 0.1) is 7.11 Å². The number of nitrogens with two attached hydrogens (primary N) is 1. The Kier molecular flexibility index (Phi) is 4.57. The quantitative estimate of drug-likeness (QED) is 0.930. The third-order valence-corrected chi connectivity index (χ3v) is 3.45. The zero-order valence-corrected chi connectivity index (χ0v) is 11.6. The van der Waals surface area contributed by atoms with E-state index in [0.717, 1.165) is 0 Å². The van der Waals surface area contributed by atoms with Crippen LogP contribution in [0.4, 0.5) is 8.78 Å². The lowest BCUT2D eigenvalue weighted by Gasteiger charge is -2.16. The van der Waals surface area contributed by atoms with Gasteiger partial charge >= 0.3 is 0 Å². The van der Waals surface area contributed by atoms with Crippen molar-refractivity contribution >= 4 is 11.6 Å². The summed E-state index contributed by atoms with van der Waals surface area (Å²) in [4.78, 5) is 0. The normalized spacial score (nSPS) is 12.2. The molecule has 0 aliphatic heterocycles. The lowest BCUT2D eigenvalue weighted by Crippen LogP contribution is -2.16. The van der Waals surface area contributed by atoms with E-state index in [0.29, 0.717) is 0 Å². The lowest BCUT2D eigenvalue weighted by atomic mass is 9.98. The molecule has 20 heavy (non-hydrogen) atoms. The van der Waals surface area contributed by atoms with Crippen LogP contribution < -0.4 is 10.5 Å². The maximum absolute atomic E-state index is 14.1. The molecule has 2 nitrogen and oxygen atoms in total. The molecule has 106 valence electrons. The zero-order chi connectivity index (χ0) is 14.7. The van der Waals surface area contributed by atoms with E-state index in [-0.39, 0.29) is 28.3 Å². The number of ether oxygens (including phenoxy) is 1. The second-order valence-corrected chi connectivity index (χ2v) is 4.78. The van der Waals surface area contributed by atoms with Gasteiger partial charge in [0.2, 0.25) is 0 Å². The van der Waals surface area contributed by atoms with Crippen LogP contribution in [0.2, 0.25) is 5.02 Å². The predicted molar refractivity (Wildman–Crippen MR) is 75.0 cm³/mol. The van der Waals surface area contributed by atoms with Crippen molar-refractivity contribution < 1.29 is 13.5 Å². The van der Waals surface area contributed by atoms with E-state index >= 15 is 0 Å². The minimum absolute atomic E-state index is 0.107. The van der Waals surface area contributed by atoms with Gasteiger partial charge in [-0.2, -0.15) is 0 Å². The van der Waals surface area contributed by atoms with Crippen LogP contribution in [0, 0.1) is 11.6 Å². The zero-order valence-electron chi connectivity index (χ0n) is 10.9. The van der Waals surface area contributed by atoms with Crippen molar-refractivity contribution in [2.24, 2.45) is 5.73 Å². The fourth-order valence-electron chi connectivity index (χ4n) is 2.03. The number of rotatable bonds is 4. The molecule has 0 aliphatic carbocycles. The molecule has 1 unspecified atom stereocenters. The molecule has 0 fully saturated rings. The molecule has 0 bridgehead atoms. The van der Waals surface area contributed by atoms with Crippen molar-refractivity contribution in [1.82, 2.24) is 0 Å². The first kappa shape index (κ1) is 14.8. The summed E-state index contributed by atoms with van der Waals surface area (Å²) in [6, 6.07) is 8.38. The monoisotopic (exact) mass is 297 g/mol. The van der Waals surface area contributed by atoms with Crippen molar-refractivity contribution in [1.29, 1.82) is 0 Å². The van der Waals surface area contributed by atoms with E-state index in [9.17, 15) is 8.78 Å². The third-order valence-electron chi connectivity index (χ3n) is 3.10. The summed E-state index contributed by atoms with van der Waals surface area (Å²) in [6.45, 7) is 0. The van der Waals surface area contributed by atoms with Crippen LogP contribution >= 0.6 is 11.6 Å². The first-order valence-corrected chi connectivity index (χ1v) is 6.43. The molecule has 0 amide bonds. The number of benzene rings is 2. The van der Waals surface area contributed by atoms with E-state index in [1.807, 2.05) is 0 Å². The summed E-state index contributed by atoms with van der Waals surface area (Å²) in [6.07, 6.45) is 0.107. The molecule has 0 saturated heterocycles. The van der Waals surface area contributed by atoms with Crippen molar-refractivity contribution in [3.8, 4) is 5.75 Å². The molecular formula is C15H14ClF2NO. The summed E-state index contributed by atoms with van der Waals surface area (Å²) in [5, 5.41) is 0.281. The van der Waals surface area contributed by atoms with Gasteiger partial charge in [-0.3, -0.25) is 0 Å². The molecule has 0 radical (unpaired) electrons. The maximum atomic E-state index is 14.1. The van der Waals surface area contributed by atoms with Gasteiger partial charge in [0.15, 0.2) is 11.6 Å². The highest BCUT2D eigenvalue weighted by molar-refractivity contribution is 6.31. The number of halogens is 3. The summed E-state index contributed by atoms with van der Waals surface area (Å²) in [5.74, 6) is -0.871. The van der Waals surface area contributed by atoms with Gasteiger partial charge in [0, 0.05) is 22.2 Å². The molecule has 5 heteroatoms. The Balaban J connectivity index is 2.31. The Morgan fingerprint density at radius 1 is 1.20 bits per heavy atom. The van der Waals surface area contributed by atoms with E-state index in [1.54, 1.807) is 18.2 Å². The minimum Gasteiger partial charge on any atom is -0.494 e. The van der Waals surface area contributed by atoms with Gasteiger partial charge in [-0.15, -0.1) is 0 Å². The Labute approximate surface area is 121 Å². The molecule has 2 rings (SSSR count). The topological polar surface area (TPSA) is 35.2 Å². The van der Waals surface area contributed by atoms with E-state index in [4.69, 9.17) is 22.1 Å². The van der Waals surface area contributed by atoms with Crippen molar-refractivity contribution in [2.75, 3.05) is 7.11 Å². The second-order valence-electron chi connectivity index (χ2n) is 4.37. The molecule has 1 atom stereocenters. The molecule has 0 aromatic heterocycles. The third kappa shape index (κ3) is 2.92. The second kappa shape index (κ2) is 6.20. The van der Waals surface area contributed by atoms with E-state index < -0.39 is 17.7 Å². The van der Waals surface area contributed by atoms with Crippen LogP contribution in [0.3, 0.4) is 0 Å². The predicted octanol–water partition coefficient (Wildman–Crippen LogP) is 3.87. The number of methoxy groups -OCH3 is 1. The number of hydrogen-bond donors (Lipinski definition) is 1. The van der Waals surface area contributed by atoms with Gasteiger partial charge in [0.1, 0.15) is 5.82 Å². The maximum Gasteiger partial charge on any atom is 0.169 e. The van der Waals surface area contributed by atoms with Gasteiger partial charge < -0.3 is 10.5 Å². The fourth-order valence-corrected chi connectivity index (χ4v) is 2.27. The van der Waals surface area contributed by atoms with Crippen molar-refractivity contribution in [3.63, 3.8) is 0 Å². The first-order chi connectivity index (χ1) is 9.54. The highest BCUT2D eigenvalue weighted by atomic mass is 35.5. The standard InChI is InChI=1S/C15H14ClF2NO/c1-20-14-7-2-4-9(15(14)18)13(19)8-10-11(16)5-3-6-12(10)17/h2-7,13H,8,19H2,1H3. The fraction of sp³-hybridized carbons (Fsp3) is 0.200. The molecule has 2 N–H and O–H groups in total. The Morgan fingerprint density at radius 2 is 1.90 bits per heavy atom. The van der Waals surface area contributed by atoms with Gasteiger partial charge in [-0.25, -0.2) is 8.78 Å². The van der Waals surface area contributed by atoms with E-state index in [2.05, 4.69) is 0 Å². The summed E-state index contributed by atoms with van der Waals surface area (Å²) >= 11 is 5.95. The largest absolute Gasteiger partial charge is 0.494 e. The van der Waals surface area contributed by atoms with E-state index in [1.165, 1.54) is 25.3 Å². The van der Waals surface area contributed by atoms with Crippen molar-refractivity contribution in [3.05, 3.63) is 64.2 Å². The summed E-state index contributed by atoms with van der Waals surface area (Å²) in [7, 11) is 1.38. The highest BCUT2D eigenvalue weighted by Crippen LogP contribution is 2.28. The Morgan fingerprint density at radius 3 is 2.55 bits per heavy atom. The molecule has 2 aromatic rings. The molecule has 0 aliphatic rings. The SMILES string of the molecule is COc1cccc(C(N)Cc2c(F)cccc2Cl)c1F. The van der Waals surface area contributed by atoms with Crippen molar-refractivity contribution in [2.45, 2.75) is 12.5 Å².